The van der Waals surface area contributed by atoms with E-state index in [9.17, 15) is 0 Å². The molecule has 0 aliphatic heterocycles. The summed E-state index contributed by atoms with van der Waals surface area (Å²) >= 11 is 1.68. The van der Waals surface area contributed by atoms with Gasteiger partial charge in [-0.3, -0.25) is 10.1 Å². The summed E-state index contributed by atoms with van der Waals surface area (Å²) in [7, 11) is 0. The molecule has 0 spiro atoms. The molecule has 132 valence electrons. The van der Waals surface area contributed by atoms with Crippen molar-refractivity contribution in [2.24, 2.45) is 0 Å². The van der Waals surface area contributed by atoms with E-state index in [0.29, 0.717) is 5.25 Å². The number of rotatable bonds is 4. The van der Waals surface area contributed by atoms with E-state index in [1.807, 2.05) is 18.2 Å². The van der Waals surface area contributed by atoms with Crippen molar-refractivity contribution in [2.45, 2.75) is 17.3 Å². The van der Waals surface area contributed by atoms with Crippen LogP contribution in [0.1, 0.15) is 17.7 Å². The number of imidazole rings is 1. The predicted molar refractivity (Wildman–Crippen MR) is 110 cm³/mol. The molecule has 0 aliphatic rings. The molecule has 1 atom stereocenters. The fourth-order valence-electron chi connectivity index (χ4n) is 3.24. The highest BCUT2D eigenvalue weighted by Gasteiger charge is 2.14. The van der Waals surface area contributed by atoms with Gasteiger partial charge in [0.25, 0.3) is 0 Å². The summed E-state index contributed by atoms with van der Waals surface area (Å²) < 4.78 is 0. The predicted octanol–water partition coefficient (Wildman–Crippen LogP) is 5.35. The van der Waals surface area contributed by atoms with Gasteiger partial charge in [0.1, 0.15) is 0 Å². The Hall–Kier alpha value is -3.12. The maximum Gasteiger partial charge on any atom is 0.189 e. The molecule has 27 heavy (non-hydrogen) atoms. The smallest absolute Gasteiger partial charge is 0.189 e. The number of fused-ring (bicyclic) bond motifs is 2. The van der Waals surface area contributed by atoms with Gasteiger partial charge >= 0.3 is 0 Å². The molecule has 1 unspecified atom stereocenters. The third kappa shape index (κ3) is 2.98. The molecule has 0 radical (unpaired) electrons. The zero-order valence-electron chi connectivity index (χ0n) is 14.7. The molecule has 0 fully saturated rings. The van der Waals surface area contributed by atoms with Crippen LogP contribution in [0.2, 0.25) is 0 Å². The Morgan fingerprint density at radius 1 is 0.889 bits per heavy atom. The lowest BCUT2D eigenvalue weighted by Crippen LogP contribution is -1.88. The average Bonchev–Trinajstić information content (AvgIpc) is 3.30. The van der Waals surface area contributed by atoms with Crippen molar-refractivity contribution in [2.75, 3.05) is 0 Å². The Kier molecular flexibility index (Phi) is 3.90. The molecular formula is C21H17N5S. The number of aromatic amines is 2. The number of nitrogens with one attached hydrogen (secondary N) is 2. The Labute approximate surface area is 160 Å². The highest BCUT2D eigenvalue weighted by atomic mass is 32.2. The first kappa shape index (κ1) is 16.1. The van der Waals surface area contributed by atoms with Crippen molar-refractivity contribution in [3.63, 3.8) is 0 Å². The van der Waals surface area contributed by atoms with Crippen LogP contribution in [0, 0.1) is 0 Å². The van der Waals surface area contributed by atoms with Crippen molar-refractivity contribution in [1.82, 2.24) is 25.1 Å². The summed E-state index contributed by atoms with van der Waals surface area (Å²) in [5.74, 6) is 0. The Morgan fingerprint density at radius 3 is 2.41 bits per heavy atom. The number of hydrogen-bond acceptors (Lipinski definition) is 4. The number of pyridine rings is 1. The zero-order chi connectivity index (χ0) is 18.2. The Balaban J connectivity index is 1.52. The van der Waals surface area contributed by atoms with Gasteiger partial charge in [-0.15, -0.1) is 0 Å². The van der Waals surface area contributed by atoms with E-state index in [0.717, 1.165) is 38.4 Å². The summed E-state index contributed by atoms with van der Waals surface area (Å²) in [5, 5.41) is 8.69. The van der Waals surface area contributed by atoms with Gasteiger partial charge < -0.3 is 5.10 Å². The minimum atomic E-state index is 0.300. The summed E-state index contributed by atoms with van der Waals surface area (Å²) in [4.78, 5) is 13.6. The van der Waals surface area contributed by atoms with Crippen LogP contribution in [0.25, 0.3) is 33.2 Å². The third-order valence-electron chi connectivity index (χ3n) is 4.66. The maximum absolute atomic E-state index is 4.75. The largest absolute Gasteiger partial charge is 0.300 e. The molecule has 5 rings (SSSR count). The van der Waals surface area contributed by atoms with E-state index in [1.54, 1.807) is 24.2 Å². The van der Waals surface area contributed by atoms with Gasteiger partial charge in [-0.1, -0.05) is 42.1 Å². The summed E-state index contributed by atoms with van der Waals surface area (Å²) in [6, 6.07) is 18.6. The molecule has 0 amide bonds. The molecule has 3 heterocycles. The van der Waals surface area contributed by atoms with E-state index in [2.05, 4.69) is 58.5 Å². The van der Waals surface area contributed by atoms with Gasteiger partial charge in [0.05, 0.1) is 22.2 Å². The van der Waals surface area contributed by atoms with Crippen molar-refractivity contribution in [3.05, 3.63) is 72.6 Å². The average molecular weight is 371 g/mol. The van der Waals surface area contributed by atoms with E-state index >= 15 is 0 Å². The van der Waals surface area contributed by atoms with Gasteiger partial charge in [-0.2, -0.15) is 0 Å². The lowest BCUT2D eigenvalue weighted by atomic mass is 10.1. The second-order valence-electron chi connectivity index (χ2n) is 6.42. The fourth-order valence-corrected chi connectivity index (χ4v) is 4.16. The molecule has 0 saturated carbocycles. The first-order valence-electron chi connectivity index (χ1n) is 8.78. The normalized spacial score (nSPS) is 12.6. The minimum absolute atomic E-state index is 0.300. The number of hydrogen-bond donors (Lipinski definition) is 2. The second-order valence-corrected chi connectivity index (χ2v) is 7.73. The lowest BCUT2D eigenvalue weighted by Gasteiger charge is -2.08. The molecule has 0 saturated heterocycles. The van der Waals surface area contributed by atoms with Crippen LogP contribution in [-0.4, -0.2) is 25.1 Å². The number of benzene rings is 2. The van der Waals surface area contributed by atoms with E-state index in [4.69, 9.17) is 9.97 Å². The maximum atomic E-state index is 4.75. The minimum Gasteiger partial charge on any atom is -0.300 e. The van der Waals surface area contributed by atoms with E-state index in [1.165, 1.54) is 5.56 Å². The van der Waals surface area contributed by atoms with Crippen LogP contribution in [0.4, 0.5) is 0 Å². The van der Waals surface area contributed by atoms with Crippen LogP contribution in [0.15, 0.2) is 72.1 Å². The molecule has 5 nitrogen and oxygen atoms in total. The monoisotopic (exact) mass is 371 g/mol. The Bertz CT molecular complexity index is 1210. The second kappa shape index (κ2) is 6.55. The van der Waals surface area contributed by atoms with Gasteiger partial charge in [-0.05, 0) is 36.8 Å². The van der Waals surface area contributed by atoms with Gasteiger partial charge in [0.15, 0.2) is 5.16 Å². The Morgan fingerprint density at radius 2 is 1.63 bits per heavy atom. The summed E-state index contributed by atoms with van der Waals surface area (Å²) in [6.07, 6.45) is 3.59. The molecule has 5 aromatic rings. The van der Waals surface area contributed by atoms with Crippen LogP contribution in [0.3, 0.4) is 0 Å². The fraction of sp³-hybridized carbons (Fsp3) is 0.0952. The number of H-pyrrole nitrogens is 2. The first-order valence-corrected chi connectivity index (χ1v) is 9.66. The highest BCUT2D eigenvalue weighted by Crippen LogP contribution is 2.35. The molecule has 2 aromatic carbocycles. The molecular weight excluding hydrogens is 354 g/mol. The molecule has 6 heteroatoms. The topological polar surface area (TPSA) is 70.2 Å². The SMILES string of the molecule is CC(Sc1nc2cc3[nH][nH]c(-c4ccncc4)c3cc2n1)c1ccccc1. The van der Waals surface area contributed by atoms with Crippen LogP contribution < -0.4 is 0 Å². The van der Waals surface area contributed by atoms with Crippen molar-refractivity contribution < 1.29 is 0 Å². The van der Waals surface area contributed by atoms with Crippen molar-refractivity contribution in [1.29, 1.82) is 0 Å². The highest BCUT2D eigenvalue weighted by molar-refractivity contribution is 7.99. The van der Waals surface area contributed by atoms with Gasteiger partial charge in [0.2, 0.25) is 0 Å². The lowest BCUT2D eigenvalue weighted by molar-refractivity contribution is 1.03. The quantitative estimate of drug-likeness (QED) is 0.418. The van der Waals surface area contributed by atoms with Crippen LogP contribution in [-0.2, 0) is 0 Å². The summed E-state index contributed by atoms with van der Waals surface area (Å²) in [6.45, 7) is 2.18. The first-order chi connectivity index (χ1) is 13.3. The molecule has 2 N–H and O–H groups in total. The van der Waals surface area contributed by atoms with Crippen molar-refractivity contribution in [3.8, 4) is 11.3 Å². The van der Waals surface area contributed by atoms with E-state index < -0.39 is 0 Å². The number of nitrogens with zero attached hydrogens (tertiary/aromatic N) is 3. The van der Waals surface area contributed by atoms with Crippen molar-refractivity contribution >= 4 is 33.7 Å². The third-order valence-corrected chi connectivity index (χ3v) is 5.68. The van der Waals surface area contributed by atoms with E-state index in [-0.39, 0.29) is 0 Å². The summed E-state index contributed by atoms with van der Waals surface area (Å²) in [5.41, 5.74) is 6.22. The van der Waals surface area contributed by atoms with Gasteiger partial charge in [0, 0.05) is 28.6 Å². The molecule has 0 aliphatic carbocycles. The number of thioether (sulfide) groups is 1. The van der Waals surface area contributed by atoms with Gasteiger partial charge in [-0.25, -0.2) is 9.97 Å². The zero-order valence-corrected chi connectivity index (χ0v) is 15.5. The molecule has 3 aromatic heterocycles. The van der Waals surface area contributed by atoms with Crippen LogP contribution in [0.5, 0.6) is 0 Å². The molecule has 0 bridgehead atoms. The standard InChI is InChI=1S/C21H17N5S/c1-13(14-5-3-2-4-6-14)27-21-23-18-11-16-17(12-19(18)24-21)25-26-20(16)15-7-9-22-10-8-15/h2-13,25-26H,1H3. The van der Waals surface area contributed by atoms with Crippen LogP contribution >= 0.6 is 11.8 Å². The number of aromatic nitrogens is 5.